The van der Waals surface area contributed by atoms with Gasteiger partial charge in [-0.05, 0) is 76.6 Å². The highest BCUT2D eigenvalue weighted by Gasteiger charge is 2.35. The van der Waals surface area contributed by atoms with Crippen LogP contribution in [0, 0.1) is 0 Å². The predicted octanol–water partition coefficient (Wildman–Crippen LogP) is 6.11. The molecule has 10 nitrogen and oxygen atoms in total. The number of halogens is 1. The molecule has 0 unspecified atom stereocenters. The third kappa shape index (κ3) is 7.81. The van der Waals surface area contributed by atoms with Crippen LogP contribution in [0.2, 0.25) is 0 Å². The molecule has 12 heteroatoms. The molecule has 3 aromatic carbocycles. The zero-order valence-electron chi connectivity index (χ0n) is 28.1. The van der Waals surface area contributed by atoms with Crippen molar-refractivity contribution in [1.29, 1.82) is 0 Å². The van der Waals surface area contributed by atoms with Gasteiger partial charge in [-0.25, -0.2) is 14.6 Å². The molecule has 0 N–H and O–H groups in total. The molecule has 0 radical (unpaired) electrons. The summed E-state index contributed by atoms with van der Waals surface area (Å²) in [5.74, 6) is 0.480. The average Bonchev–Trinajstić information content (AvgIpc) is 3.37. The Hall–Kier alpha value is -4.68. The Balaban J connectivity index is 1.62. The van der Waals surface area contributed by atoms with Crippen LogP contribution in [0.5, 0.6) is 17.2 Å². The number of nitrogens with zero attached hydrogens (tertiary/aromatic N) is 2. The van der Waals surface area contributed by atoms with Gasteiger partial charge in [-0.15, -0.1) is 0 Å². The van der Waals surface area contributed by atoms with E-state index in [0.29, 0.717) is 60.0 Å². The summed E-state index contributed by atoms with van der Waals surface area (Å²) in [7, 11) is 1.54. The first-order valence-corrected chi connectivity index (χ1v) is 17.4. The molecular formula is C37H37BrN2O8S. The van der Waals surface area contributed by atoms with Crippen LogP contribution in [0.15, 0.2) is 86.2 Å². The quantitative estimate of drug-likeness (QED) is 0.160. The first-order chi connectivity index (χ1) is 23.6. The van der Waals surface area contributed by atoms with Crippen molar-refractivity contribution in [2.75, 3.05) is 20.3 Å². The van der Waals surface area contributed by atoms with Gasteiger partial charge >= 0.3 is 11.9 Å². The number of fused-ring (bicyclic) bond motifs is 1. The molecule has 2 heterocycles. The Labute approximate surface area is 296 Å². The lowest BCUT2D eigenvalue weighted by Gasteiger charge is -2.26. The van der Waals surface area contributed by atoms with Crippen molar-refractivity contribution in [1.82, 2.24) is 4.57 Å². The minimum Gasteiger partial charge on any atom is -0.493 e. The molecule has 4 aromatic rings. The van der Waals surface area contributed by atoms with E-state index in [9.17, 15) is 14.4 Å². The number of allylic oxidation sites excluding steroid dienone is 1. The Bertz CT molecular complexity index is 2080. The van der Waals surface area contributed by atoms with E-state index < -0.39 is 18.0 Å². The van der Waals surface area contributed by atoms with Crippen LogP contribution >= 0.6 is 27.3 Å². The highest BCUT2D eigenvalue weighted by molar-refractivity contribution is 9.10. The maximum atomic E-state index is 14.4. The van der Waals surface area contributed by atoms with E-state index in [1.54, 1.807) is 57.2 Å². The Morgan fingerprint density at radius 3 is 2.37 bits per heavy atom. The molecule has 1 atom stereocenters. The van der Waals surface area contributed by atoms with Gasteiger partial charge in [0.25, 0.3) is 5.56 Å². The first kappa shape index (κ1) is 35.6. The number of carbonyl (C=O) groups excluding carboxylic acids is 2. The molecule has 0 fully saturated rings. The first-order valence-electron chi connectivity index (χ1n) is 15.8. The fourth-order valence-corrected chi connectivity index (χ4v) is 6.90. The van der Waals surface area contributed by atoms with E-state index in [4.69, 9.17) is 28.7 Å². The summed E-state index contributed by atoms with van der Waals surface area (Å²) in [5, 5.41) is 0. The molecule has 0 saturated carbocycles. The van der Waals surface area contributed by atoms with Gasteiger partial charge in [0, 0.05) is 15.6 Å². The summed E-state index contributed by atoms with van der Waals surface area (Å²) in [6.45, 7) is 9.69. The number of para-hydroxylation sites is 1. The number of rotatable bonds is 12. The molecule has 5 rings (SSSR count). The summed E-state index contributed by atoms with van der Waals surface area (Å²) in [5.41, 5.74) is 2.86. The number of thiazole rings is 1. The van der Waals surface area contributed by atoms with Crippen LogP contribution in [0.25, 0.3) is 6.08 Å². The van der Waals surface area contributed by atoms with E-state index in [1.807, 2.05) is 44.2 Å². The van der Waals surface area contributed by atoms with Crippen molar-refractivity contribution in [2.24, 2.45) is 4.99 Å². The fraction of sp³-hybridized carbons (Fsp3) is 0.297. The van der Waals surface area contributed by atoms with E-state index in [1.165, 1.54) is 23.0 Å². The summed E-state index contributed by atoms with van der Waals surface area (Å²) in [6.07, 6.45) is 1.58. The van der Waals surface area contributed by atoms with Crippen LogP contribution in [-0.4, -0.2) is 42.9 Å². The molecule has 256 valence electrons. The van der Waals surface area contributed by atoms with Crippen LogP contribution in [0.1, 0.15) is 67.7 Å². The fourth-order valence-electron chi connectivity index (χ4n) is 5.40. The number of ether oxygens (including phenoxy) is 5. The second-order valence-electron chi connectivity index (χ2n) is 11.2. The third-order valence-electron chi connectivity index (χ3n) is 7.50. The minimum absolute atomic E-state index is 0.145. The van der Waals surface area contributed by atoms with E-state index in [-0.39, 0.29) is 30.5 Å². The summed E-state index contributed by atoms with van der Waals surface area (Å²) in [6, 6.07) is 17.1. The number of hydrogen-bond acceptors (Lipinski definition) is 10. The summed E-state index contributed by atoms with van der Waals surface area (Å²) in [4.78, 5) is 45.0. The molecule has 0 bridgehead atoms. The molecular weight excluding hydrogens is 712 g/mol. The van der Waals surface area contributed by atoms with Gasteiger partial charge < -0.3 is 23.7 Å². The van der Waals surface area contributed by atoms with E-state index in [2.05, 4.69) is 15.9 Å². The van der Waals surface area contributed by atoms with E-state index in [0.717, 1.165) is 5.56 Å². The summed E-state index contributed by atoms with van der Waals surface area (Å²) < 4.78 is 31.2. The normalized spacial score (nSPS) is 14.3. The van der Waals surface area contributed by atoms with Crippen molar-refractivity contribution in [2.45, 2.75) is 53.4 Å². The number of hydrogen-bond donors (Lipinski definition) is 0. The van der Waals surface area contributed by atoms with E-state index >= 15 is 0 Å². The van der Waals surface area contributed by atoms with Crippen molar-refractivity contribution in [3.63, 3.8) is 0 Å². The minimum atomic E-state index is -0.835. The molecule has 1 aliphatic rings. The zero-order valence-corrected chi connectivity index (χ0v) is 30.5. The van der Waals surface area contributed by atoms with Crippen molar-refractivity contribution >= 4 is 45.3 Å². The maximum absolute atomic E-state index is 14.4. The maximum Gasteiger partial charge on any atom is 0.338 e. The lowest BCUT2D eigenvalue weighted by Crippen LogP contribution is -2.40. The van der Waals surface area contributed by atoms with Gasteiger partial charge in [-0.1, -0.05) is 57.6 Å². The monoisotopic (exact) mass is 748 g/mol. The number of esters is 2. The topological polar surface area (TPSA) is 115 Å². The van der Waals surface area contributed by atoms with Crippen LogP contribution in [0.3, 0.4) is 0 Å². The van der Waals surface area contributed by atoms with Crippen molar-refractivity contribution in [3.8, 4) is 17.2 Å². The Kier molecular flexibility index (Phi) is 11.4. The largest absolute Gasteiger partial charge is 0.493 e. The second-order valence-corrected chi connectivity index (χ2v) is 13.2. The molecule has 0 aliphatic carbocycles. The zero-order chi connectivity index (χ0) is 35.2. The molecule has 1 aliphatic heterocycles. The summed E-state index contributed by atoms with van der Waals surface area (Å²) >= 11 is 4.75. The predicted molar refractivity (Wildman–Crippen MR) is 190 cm³/mol. The van der Waals surface area contributed by atoms with Crippen LogP contribution in [-0.2, 0) is 20.9 Å². The third-order valence-corrected chi connectivity index (χ3v) is 8.94. The second kappa shape index (κ2) is 15.7. The van der Waals surface area contributed by atoms with Crippen molar-refractivity contribution < 1.29 is 33.3 Å². The Morgan fingerprint density at radius 2 is 1.69 bits per heavy atom. The molecule has 49 heavy (non-hydrogen) atoms. The van der Waals surface area contributed by atoms with Gasteiger partial charge in [0.1, 0.15) is 18.4 Å². The highest BCUT2D eigenvalue weighted by Crippen LogP contribution is 2.38. The molecule has 1 aromatic heterocycles. The molecule has 0 amide bonds. The lowest BCUT2D eigenvalue weighted by molar-refractivity contribution is -0.139. The van der Waals surface area contributed by atoms with Gasteiger partial charge in [0.05, 0.1) is 47.8 Å². The Morgan fingerprint density at radius 1 is 1.00 bits per heavy atom. The van der Waals surface area contributed by atoms with Gasteiger partial charge in [0.2, 0.25) is 0 Å². The SMILES string of the molecule is CCOC(=O)C1=C(C)N=c2s/c(=C\c3cc(Br)cc(OC)c3OCc3ccc(C(=O)OCC)cc3)c(=O)n2[C@H]1c1ccccc1OC(C)C. The number of carbonyl (C=O) groups is 2. The average molecular weight is 750 g/mol. The highest BCUT2D eigenvalue weighted by atomic mass is 79.9. The van der Waals surface area contributed by atoms with Crippen molar-refractivity contribution in [3.05, 3.63) is 118 Å². The smallest absolute Gasteiger partial charge is 0.338 e. The number of methoxy groups -OCH3 is 1. The number of aromatic nitrogens is 1. The van der Waals surface area contributed by atoms with Crippen LogP contribution < -0.4 is 29.1 Å². The molecule has 0 saturated heterocycles. The van der Waals surface area contributed by atoms with Gasteiger partial charge in [-0.2, -0.15) is 0 Å². The molecule has 0 spiro atoms. The van der Waals surface area contributed by atoms with Crippen LogP contribution in [0.4, 0.5) is 0 Å². The standard InChI is InChI=1S/C37H37BrN2O8S/c1-7-45-35(42)24-15-13-23(14-16-24)20-47-33-25(17-26(38)19-29(33)44-6)18-30-34(41)40-32(27-11-9-10-12-28(27)48-21(3)4)31(36(43)46-8-2)22(5)39-37(40)49-30/h9-19,21,32H,7-8,20H2,1-6H3/b30-18-/t32-/m0/s1. The number of benzene rings is 3. The lowest BCUT2D eigenvalue weighted by atomic mass is 9.95. The van der Waals surface area contributed by atoms with Gasteiger partial charge in [0.15, 0.2) is 16.3 Å². The van der Waals surface area contributed by atoms with Gasteiger partial charge in [-0.3, -0.25) is 9.36 Å².